The fourth-order valence-electron chi connectivity index (χ4n) is 2.81. The summed E-state index contributed by atoms with van der Waals surface area (Å²) in [5.74, 6) is -0.943. The average Bonchev–Trinajstić information content (AvgIpc) is 2.93. The number of nitrogens with zero attached hydrogens (tertiary/aromatic N) is 2. The van der Waals surface area contributed by atoms with Crippen LogP contribution < -0.4 is 4.72 Å². The molecule has 0 saturated heterocycles. The lowest BCUT2D eigenvalue weighted by Crippen LogP contribution is -2.36. The summed E-state index contributed by atoms with van der Waals surface area (Å²) in [7, 11) is -4.23. The van der Waals surface area contributed by atoms with Crippen LogP contribution in [0.5, 0.6) is 0 Å². The number of rotatable bonds is 5. The number of benzene rings is 1. The fourth-order valence-corrected chi connectivity index (χ4v) is 4.12. The van der Waals surface area contributed by atoms with Crippen molar-refractivity contribution in [3.63, 3.8) is 0 Å². The molecule has 0 spiro atoms. The molecule has 0 fully saturated rings. The molecule has 144 valence electrons. The number of aromatic nitrogens is 2. The Morgan fingerprint density at radius 3 is 2.56 bits per heavy atom. The van der Waals surface area contributed by atoms with Crippen molar-refractivity contribution < 1.29 is 26.0 Å². The van der Waals surface area contributed by atoms with Crippen LogP contribution in [0.15, 0.2) is 53.6 Å². The summed E-state index contributed by atoms with van der Waals surface area (Å²) in [6, 6.07) is 7.77. The molecular weight excluding hydrogens is 386 g/mol. The molecule has 0 aliphatic heterocycles. The highest BCUT2D eigenvalue weighted by atomic mass is 32.2. The Labute approximate surface area is 152 Å². The summed E-state index contributed by atoms with van der Waals surface area (Å²) in [4.78, 5) is 3.40. The first-order chi connectivity index (χ1) is 12.6. The molecule has 1 atom stereocenters. The highest BCUT2D eigenvalue weighted by molar-refractivity contribution is 7.89. The number of nitrogens with one attached hydrogen (secondary N) is 1. The van der Waals surface area contributed by atoms with Gasteiger partial charge in [0.2, 0.25) is 10.0 Å². The van der Waals surface area contributed by atoms with Gasteiger partial charge in [-0.2, -0.15) is 13.2 Å². The van der Waals surface area contributed by atoms with Gasteiger partial charge in [-0.25, -0.2) is 22.5 Å². The van der Waals surface area contributed by atoms with Crippen LogP contribution in [0, 0.1) is 5.82 Å². The van der Waals surface area contributed by atoms with E-state index in [1.165, 1.54) is 37.4 Å². The third-order valence-corrected chi connectivity index (χ3v) is 5.51. The lowest BCUT2D eigenvalue weighted by Gasteiger charge is -2.18. The molecule has 1 aromatic carbocycles. The molecule has 2 heterocycles. The second-order valence-electron chi connectivity index (χ2n) is 6.01. The minimum absolute atomic E-state index is 0.0850. The van der Waals surface area contributed by atoms with Crippen molar-refractivity contribution in [2.45, 2.75) is 30.6 Å². The molecule has 0 radical (unpaired) electrons. The predicted octanol–water partition coefficient (Wildman–Crippen LogP) is 3.56. The normalized spacial score (nSPS) is 13.8. The van der Waals surface area contributed by atoms with Gasteiger partial charge in [0.1, 0.15) is 22.1 Å². The van der Waals surface area contributed by atoms with Crippen LogP contribution in [0.1, 0.15) is 12.6 Å². The van der Waals surface area contributed by atoms with Crippen LogP contribution >= 0.6 is 0 Å². The average molecular weight is 401 g/mol. The Morgan fingerprint density at radius 2 is 1.89 bits per heavy atom. The van der Waals surface area contributed by atoms with Crippen molar-refractivity contribution in [1.82, 2.24) is 14.3 Å². The lowest BCUT2D eigenvalue weighted by atomic mass is 10.3. The topological polar surface area (TPSA) is 64.0 Å². The van der Waals surface area contributed by atoms with Crippen LogP contribution in [-0.4, -0.2) is 24.0 Å². The predicted molar refractivity (Wildman–Crippen MR) is 90.9 cm³/mol. The maximum absolute atomic E-state index is 13.8. The Bertz CT molecular complexity index is 1080. The number of hydrogen-bond donors (Lipinski definition) is 1. The van der Waals surface area contributed by atoms with Crippen molar-refractivity contribution >= 4 is 21.1 Å². The maximum atomic E-state index is 13.8. The summed E-state index contributed by atoms with van der Waals surface area (Å²) < 4.78 is 81.6. The molecule has 10 heteroatoms. The van der Waals surface area contributed by atoms with E-state index in [9.17, 15) is 26.0 Å². The highest BCUT2D eigenvalue weighted by Gasteiger charge is 2.36. The zero-order valence-corrected chi connectivity index (χ0v) is 14.9. The van der Waals surface area contributed by atoms with Crippen molar-refractivity contribution in [2.24, 2.45) is 0 Å². The number of hydrogen-bond acceptors (Lipinski definition) is 3. The molecule has 0 saturated carbocycles. The molecule has 0 bridgehead atoms. The highest BCUT2D eigenvalue weighted by Crippen LogP contribution is 2.33. The van der Waals surface area contributed by atoms with Gasteiger partial charge >= 0.3 is 6.18 Å². The summed E-state index contributed by atoms with van der Waals surface area (Å²) in [5, 5.41) is 0.286. The molecule has 3 aromatic rings. The molecule has 27 heavy (non-hydrogen) atoms. The number of pyridine rings is 1. The zero-order chi connectivity index (χ0) is 19.8. The number of halogens is 4. The first-order valence-corrected chi connectivity index (χ1v) is 9.36. The van der Waals surface area contributed by atoms with Gasteiger partial charge in [0.25, 0.3) is 0 Å². The molecule has 2 aromatic heterocycles. The van der Waals surface area contributed by atoms with Gasteiger partial charge in [-0.1, -0.05) is 12.1 Å². The summed E-state index contributed by atoms with van der Waals surface area (Å²) in [6.45, 7) is 1.07. The quantitative estimate of drug-likeness (QED) is 0.665. The van der Waals surface area contributed by atoms with Gasteiger partial charge in [-0.15, -0.1) is 0 Å². The molecule has 5 nitrogen and oxygen atoms in total. The fraction of sp³-hybridized carbons (Fsp3) is 0.235. The minimum atomic E-state index is -4.63. The van der Waals surface area contributed by atoms with Crippen molar-refractivity contribution in [3.8, 4) is 0 Å². The van der Waals surface area contributed by atoms with Gasteiger partial charge in [0, 0.05) is 24.2 Å². The van der Waals surface area contributed by atoms with Crippen molar-refractivity contribution in [3.05, 3.63) is 60.2 Å². The van der Waals surface area contributed by atoms with E-state index >= 15 is 0 Å². The summed E-state index contributed by atoms with van der Waals surface area (Å²) >= 11 is 0. The van der Waals surface area contributed by atoms with Crippen LogP contribution in [0.3, 0.4) is 0 Å². The van der Waals surface area contributed by atoms with E-state index in [2.05, 4.69) is 9.71 Å². The van der Waals surface area contributed by atoms with E-state index < -0.39 is 38.6 Å². The number of alkyl halides is 3. The molecule has 0 aliphatic carbocycles. The second kappa shape index (κ2) is 6.93. The Hall–Kier alpha value is -2.46. The van der Waals surface area contributed by atoms with Gasteiger partial charge in [0.15, 0.2) is 0 Å². The lowest BCUT2D eigenvalue weighted by molar-refractivity contribution is -0.143. The van der Waals surface area contributed by atoms with Gasteiger partial charge in [0.05, 0.1) is 0 Å². The van der Waals surface area contributed by atoms with E-state index in [-0.39, 0.29) is 17.6 Å². The largest absolute Gasteiger partial charge is 0.431 e. The zero-order valence-electron chi connectivity index (χ0n) is 14.0. The molecule has 0 unspecified atom stereocenters. The number of fused-ring (bicyclic) bond motifs is 1. The first kappa shape index (κ1) is 19.3. The Kier molecular flexibility index (Phi) is 4.96. The van der Waals surface area contributed by atoms with Crippen LogP contribution in [0.25, 0.3) is 11.0 Å². The van der Waals surface area contributed by atoms with Crippen LogP contribution in [0.2, 0.25) is 0 Å². The standard InChI is InChI=1S/C17H15F4N3O2S/c1-11(23-27(25,26)14-7-3-2-6-13(14)18)10-24-15(17(19,20)21)9-12-5-4-8-22-16(12)24/h2-9,11,23H,10H2,1H3/t11-/m0/s1. The monoisotopic (exact) mass is 401 g/mol. The van der Waals surface area contributed by atoms with E-state index in [1.807, 2.05) is 0 Å². The molecule has 3 rings (SSSR count). The SMILES string of the molecule is C[C@@H](Cn1c(C(F)(F)F)cc2cccnc21)NS(=O)(=O)c1ccccc1F. The van der Waals surface area contributed by atoms with E-state index in [0.29, 0.717) is 0 Å². The van der Waals surface area contributed by atoms with E-state index in [0.717, 1.165) is 22.8 Å². The van der Waals surface area contributed by atoms with Crippen molar-refractivity contribution in [1.29, 1.82) is 0 Å². The van der Waals surface area contributed by atoms with Gasteiger partial charge in [-0.3, -0.25) is 0 Å². The van der Waals surface area contributed by atoms with Gasteiger partial charge < -0.3 is 4.57 Å². The third-order valence-electron chi connectivity index (χ3n) is 3.88. The van der Waals surface area contributed by atoms with Crippen molar-refractivity contribution in [2.75, 3.05) is 0 Å². The summed E-state index contributed by atoms with van der Waals surface area (Å²) in [6.07, 6.45) is -3.28. The third kappa shape index (κ3) is 3.96. The molecular formula is C17H15F4N3O2S. The summed E-state index contributed by atoms with van der Waals surface area (Å²) in [5.41, 5.74) is -0.852. The molecule has 0 amide bonds. The second-order valence-corrected chi connectivity index (χ2v) is 7.69. The smallest absolute Gasteiger partial charge is 0.320 e. The Morgan fingerprint density at radius 1 is 1.19 bits per heavy atom. The van der Waals surface area contributed by atoms with Gasteiger partial charge in [-0.05, 0) is 37.3 Å². The van der Waals surface area contributed by atoms with Crippen LogP contribution in [-0.2, 0) is 22.7 Å². The minimum Gasteiger partial charge on any atom is -0.320 e. The molecule has 1 N–H and O–H groups in total. The first-order valence-electron chi connectivity index (χ1n) is 7.88. The maximum Gasteiger partial charge on any atom is 0.431 e. The van der Waals surface area contributed by atoms with E-state index in [1.54, 1.807) is 0 Å². The Balaban J connectivity index is 1.93. The number of sulfonamides is 1. The van der Waals surface area contributed by atoms with E-state index in [4.69, 9.17) is 0 Å². The van der Waals surface area contributed by atoms with Crippen LogP contribution in [0.4, 0.5) is 17.6 Å². The molecule has 0 aliphatic rings.